The average molecular weight is 392 g/mol. The standard InChI is InChI=1S/C18H18ClN3O3S/c19-16-4-6-17(7-5-16)26(24,25)22-12-10-21(11-13-22)18(23)8-3-15-2-1-9-20-14-15/h1-9,14H,10-13H2/b8-3+. The summed E-state index contributed by atoms with van der Waals surface area (Å²) >= 11 is 5.81. The minimum absolute atomic E-state index is 0.141. The molecule has 1 aliphatic rings. The molecule has 0 bridgehead atoms. The van der Waals surface area contributed by atoms with Crippen LogP contribution in [0.3, 0.4) is 0 Å². The van der Waals surface area contributed by atoms with Crippen LogP contribution in [-0.4, -0.2) is 54.7 Å². The first-order chi connectivity index (χ1) is 12.5. The van der Waals surface area contributed by atoms with Crippen molar-refractivity contribution in [2.45, 2.75) is 4.90 Å². The number of hydrogen-bond acceptors (Lipinski definition) is 4. The highest BCUT2D eigenvalue weighted by Crippen LogP contribution is 2.20. The van der Waals surface area contributed by atoms with Crippen molar-refractivity contribution in [3.8, 4) is 0 Å². The molecule has 1 amide bonds. The lowest BCUT2D eigenvalue weighted by atomic mass is 10.2. The van der Waals surface area contributed by atoms with Gasteiger partial charge in [0.1, 0.15) is 0 Å². The molecule has 1 saturated heterocycles. The van der Waals surface area contributed by atoms with E-state index in [0.29, 0.717) is 18.1 Å². The number of amides is 1. The first-order valence-electron chi connectivity index (χ1n) is 8.09. The molecule has 3 rings (SSSR count). The van der Waals surface area contributed by atoms with Crippen LogP contribution in [0.2, 0.25) is 5.02 Å². The summed E-state index contributed by atoms with van der Waals surface area (Å²) in [4.78, 5) is 18.1. The Bertz CT molecular complexity index is 891. The zero-order valence-corrected chi connectivity index (χ0v) is 15.5. The van der Waals surface area contributed by atoms with Gasteiger partial charge in [-0.25, -0.2) is 8.42 Å². The second kappa shape index (κ2) is 7.99. The predicted molar refractivity (Wildman–Crippen MR) is 100 cm³/mol. The fourth-order valence-corrected chi connectivity index (χ4v) is 4.20. The summed E-state index contributed by atoms with van der Waals surface area (Å²) in [5, 5.41) is 0.486. The van der Waals surface area contributed by atoms with E-state index in [9.17, 15) is 13.2 Å². The van der Waals surface area contributed by atoms with Gasteiger partial charge < -0.3 is 4.90 Å². The molecule has 1 aromatic heterocycles. The Labute approximate surface area is 157 Å². The summed E-state index contributed by atoms with van der Waals surface area (Å²) in [5.41, 5.74) is 0.838. The average Bonchev–Trinajstić information content (AvgIpc) is 2.67. The van der Waals surface area contributed by atoms with Crippen molar-refractivity contribution < 1.29 is 13.2 Å². The first kappa shape index (κ1) is 18.6. The van der Waals surface area contributed by atoms with Gasteiger partial charge in [-0.1, -0.05) is 17.7 Å². The van der Waals surface area contributed by atoms with Crippen LogP contribution in [0.1, 0.15) is 5.56 Å². The van der Waals surface area contributed by atoms with Gasteiger partial charge in [-0.2, -0.15) is 4.31 Å². The number of carbonyl (C=O) groups excluding carboxylic acids is 1. The van der Waals surface area contributed by atoms with Gasteiger partial charge in [0.15, 0.2) is 0 Å². The molecular formula is C18H18ClN3O3S. The van der Waals surface area contributed by atoms with Gasteiger partial charge >= 0.3 is 0 Å². The van der Waals surface area contributed by atoms with Crippen molar-refractivity contribution in [3.63, 3.8) is 0 Å². The SMILES string of the molecule is O=C(/C=C/c1cccnc1)N1CCN(S(=O)(=O)c2ccc(Cl)cc2)CC1. The maximum atomic E-state index is 12.6. The van der Waals surface area contributed by atoms with Crippen LogP contribution in [0.5, 0.6) is 0 Å². The highest BCUT2D eigenvalue weighted by Gasteiger charge is 2.29. The number of aromatic nitrogens is 1. The summed E-state index contributed by atoms with van der Waals surface area (Å²) in [7, 11) is -3.57. The Morgan fingerprint density at radius 1 is 1.08 bits per heavy atom. The van der Waals surface area contributed by atoms with Crippen LogP contribution in [0.25, 0.3) is 6.08 Å². The maximum absolute atomic E-state index is 12.6. The van der Waals surface area contributed by atoms with Crippen molar-refractivity contribution in [1.82, 2.24) is 14.2 Å². The molecule has 136 valence electrons. The van der Waals surface area contributed by atoms with Gasteiger partial charge in [0.05, 0.1) is 4.90 Å². The number of halogens is 1. The number of nitrogens with zero attached hydrogens (tertiary/aromatic N) is 3. The summed E-state index contributed by atoms with van der Waals surface area (Å²) in [6, 6.07) is 9.74. The van der Waals surface area contributed by atoms with Gasteiger partial charge in [0, 0.05) is 49.7 Å². The van der Waals surface area contributed by atoms with Crippen LogP contribution in [-0.2, 0) is 14.8 Å². The Kier molecular flexibility index (Phi) is 5.70. The number of hydrogen-bond donors (Lipinski definition) is 0. The molecule has 0 unspecified atom stereocenters. The van der Waals surface area contributed by atoms with E-state index in [-0.39, 0.29) is 23.9 Å². The minimum atomic E-state index is -3.57. The number of pyridine rings is 1. The fourth-order valence-electron chi connectivity index (χ4n) is 2.65. The molecule has 26 heavy (non-hydrogen) atoms. The molecule has 8 heteroatoms. The van der Waals surface area contributed by atoms with Gasteiger partial charge in [0.25, 0.3) is 0 Å². The van der Waals surface area contributed by atoms with Gasteiger partial charge in [-0.05, 0) is 42.0 Å². The fraction of sp³-hybridized carbons (Fsp3) is 0.222. The lowest BCUT2D eigenvalue weighted by Gasteiger charge is -2.33. The lowest BCUT2D eigenvalue weighted by molar-refractivity contribution is -0.127. The normalized spacial score (nSPS) is 16.1. The van der Waals surface area contributed by atoms with E-state index < -0.39 is 10.0 Å². The highest BCUT2D eigenvalue weighted by molar-refractivity contribution is 7.89. The van der Waals surface area contributed by atoms with E-state index in [2.05, 4.69) is 4.98 Å². The maximum Gasteiger partial charge on any atom is 0.246 e. The summed E-state index contributed by atoms with van der Waals surface area (Å²) in [6.07, 6.45) is 6.52. The highest BCUT2D eigenvalue weighted by atomic mass is 35.5. The van der Waals surface area contributed by atoms with Crippen LogP contribution in [0, 0.1) is 0 Å². The summed E-state index contributed by atoms with van der Waals surface area (Å²) in [5.74, 6) is -0.141. The molecule has 1 fully saturated rings. The number of rotatable bonds is 4. The summed E-state index contributed by atoms with van der Waals surface area (Å²) < 4.78 is 26.7. The molecule has 0 spiro atoms. The summed E-state index contributed by atoms with van der Waals surface area (Å²) in [6.45, 7) is 1.22. The lowest BCUT2D eigenvalue weighted by Crippen LogP contribution is -2.50. The van der Waals surface area contributed by atoms with E-state index in [1.807, 2.05) is 6.07 Å². The monoisotopic (exact) mass is 391 g/mol. The molecule has 2 aromatic rings. The second-order valence-electron chi connectivity index (χ2n) is 5.80. The molecule has 2 heterocycles. The smallest absolute Gasteiger partial charge is 0.246 e. The Hall–Kier alpha value is -2.22. The van der Waals surface area contributed by atoms with E-state index in [4.69, 9.17) is 11.6 Å². The van der Waals surface area contributed by atoms with Crippen LogP contribution >= 0.6 is 11.6 Å². The van der Waals surface area contributed by atoms with Crippen molar-refractivity contribution in [3.05, 3.63) is 65.5 Å². The molecule has 0 aliphatic carbocycles. The second-order valence-corrected chi connectivity index (χ2v) is 8.18. The van der Waals surface area contributed by atoms with E-state index in [0.717, 1.165) is 5.56 Å². The quantitative estimate of drug-likeness (QED) is 0.750. The van der Waals surface area contributed by atoms with E-state index in [1.54, 1.807) is 41.6 Å². The van der Waals surface area contributed by atoms with Crippen molar-refractivity contribution in [2.24, 2.45) is 0 Å². The topological polar surface area (TPSA) is 70.6 Å². The van der Waals surface area contributed by atoms with Crippen molar-refractivity contribution in [1.29, 1.82) is 0 Å². The molecule has 0 atom stereocenters. The Balaban J connectivity index is 1.61. The first-order valence-corrected chi connectivity index (χ1v) is 9.91. The molecular weight excluding hydrogens is 374 g/mol. The van der Waals surface area contributed by atoms with Gasteiger partial charge in [-0.3, -0.25) is 9.78 Å². The molecule has 6 nitrogen and oxygen atoms in total. The number of benzene rings is 1. The predicted octanol–water partition coefficient (Wildman–Crippen LogP) is 2.28. The van der Waals surface area contributed by atoms with Gasteiger partial charge in [0.2, 0.25) is 15.9 Å². The molecule has 0 saturated carbocycles. The van der Waals surface area contributed by atoms with Crippen LogP contribution in [0.4, 0.5) is 0 Å². The van der Waals surface area contributed by atoms with Crippen molar-refractivity contribution in [2.75, 3.05) is 26.2 Å². The Morgan fingerprint density at radius 2 is 1.77 bits per heavy atom. The largest absolute Gasteiger partial charge is 0.337 e. The third-order valence-electron chi connectivity index (χ3n) is 4.10. The number of carbonyl (C=O) groups is 1. The van der Waals surface area contributed by atoms with E-state index >= 15 is 0 Å². The number of sulfonamides is 1. The molecule has 1 aromatic carbocycles. The molecule has 0 N–H and O–H groups in total. The third-order valence-corrected chi connectivity index (χ3v) is 6.27. The zero-order valence-electron chi connectivity index (χ0n) is 14.0. The molecule has 0 radical (unpaired) electrons. The van der Waals surface area contributed by atoms with Gasteiger partial charge in [-0.15, -0.1) is 0 Å². The van der Waals surface area contributed by atoms with Crippen molar-refractivity contribution >= 4 is 33.6 Å². The third kappa shape index (κ3) is 4.30. The minimum Gasteiger partial charge on any atom is -0.337 e. The van der Waals surface area contributed by atoms with Crippen LogP contribution in [0.15, 0.2) is 59.8 Å². The van der Waals surface area contributed by atoms with Crippen LogP contribution < -0.4 is 0 Å². The Morgan fingerprint density at radius 3 is 2.38 bits per heavy atom. The molecule has 1 aliphatic heterocycles. The van der Waals surface area contributed by atoms with E-state index in [1.165, 1.54) is 22.5 Å². The number of piperazine rings is 1. The zero-order chi connectivity index (χ0) is 18.6.